The third kappa shape index (κ3) is 6.51. The predicted octanol–water partition coefficient (Wildman–Crippen LogP) is 13.4. The molecule has 0 amide bonds. The third-order valence-corrected chi connectivity index (χ3v) is 74.1. The minimum atomic E-state index is -3.01. The summed E-state index contributed by atoms with van der Waals surface area (Å²) < 4.78 is 1.36. The van der Waals surface area contributed by atoms with Gasteiger partial charge in [0.05, 0.1) is 0 Å². The van der Waals surface area contributed by atoms with Crippen LogP contribution in [0.25, 0.3) is 34.4 Å². The fraction of sp³-hybridized carbons (Fsp3) is 0.391. The number of hydrogen-bond acceptors (Lipinski definition) is 0. The molecule has 0 bridgehead atoms. The van der Waals surface area contributed by atoms with Gasteiger partial charge in [0.15, 0.2) is 0 Å². The molecule has 0 radical (unpaired) electrons. The van der Waals surface area contributed by atoms with Gasteiger partial charge in [0.1, 0.15) is 0 Å². The van der Waals surface area contributed by atoms with Crippen LogP contribution in [0.1, 0.15) is 115 Å². The Kier molecular flexibility index (Phi) is 11.5. The molecule has 0 aliphatic heterocycles. The number of aryl methyl sites for hydroxylation is 2. The fourth-order valence-corrected chi connectivity index (χ4v) is 43.5. The minimum absolute atomic E-state index is 0.681. The molecule has 2 atom stereocenters. The van der Waals surface area contributed by atoms with Gasteiger partial charge in [-0.15, -0.1) is 0 Å². The van der Waals surface area contributed by atoms with Gasteiger partial charge >= 0.3 is 317 Å². The number of hydrogen-bond donors (Lipinski definition) is 0. The molecule has 4 aromatic carbocycles. The van der Waals surface area contributed by atoms with E-state index >= 15 is 0 Å². The second kappa shape index (κ2) is 15.1. The van der Waals surface area contributed by atoms with E-state index in [1.807, 2.05) is 19.9 Å². The molecule has 0 saturated heterocycles. The molecule has 3 heteroatoms. The summed E-state index contributed by atoms with van der Waals surface area (Å²) in [7, 11) is 0. The molecule has 2 aliphatic rings. The van der Waals surface area contributed by atoms with E-state index in [9.17, 15) is 0 Å². The van der Waals surface area contributed by atoms with E-state index in [0.717, 1.165) is 0 Å². The van der Waals surface area contributed by atoms with Gasteiger partial charge in [-0.2, -0.15) is 0 Å². The van der Waals surface area contributed by atoms with E-state index in [1.54, 1.807) is 33.4 Å². The maximum atomic E-state index is 2.77. The van der Waals surface area contributed by atoms with Gasteiger partial charge in [0.25, 0.3) is 0 Å². The van der Waals surface area contributed by atoms with Crippen molar-refractivity contribution in [2.75, 3.05) is 0 Å². The molecule has 0 N–H and O–H groups in total. The molecule has 253 valence electrons. The third-order valence-electron chi connectivity index (χ3n) is 12.5. The summed E-state index contributed by atoms with van der Waals surface area (Å²) in [5.74, 6) is -1.03. The molecule has 0 spiro atoms. The van der Waals surface area contributed by atoms with Crippen LogP contribution in [0.4, 0.5) is 0 Å². The van der Waals surface area contributed by atoms with E-state index < -0.39 is 20.6 Å². The second-order valence-corrected chi connectivity index (χ2v) is 60.5. The van der Waals surface area contributed by atoms with Gasteiger partial charge < -0.3 is 0 Å². The quantitative estimate of drug-likeness (QED) is 0.132. The van der Waals surface area contributed by atoms with Gasteiger partial charge in [-0.25, -0.2) is 0 Å². The van der Waals surface area contributed by atoms with Crippen LogP contribution < -0.4 is 0 Å². The van der Waals surface area contributed by atoms with Crippen molar-refractivity contribution in [2.24, 2.45) is 0 Å². The van der Waals surface area contributed by atoms with Crippen LogP contribution in [0, 0.1) is 41.5 Å². The van der Waals surface area contributed by atoms with E-state index in [4.69, 9.17) is 0 Å². The van der Waals surface area contributed by atoms with Gasteiger partial charge in [-0.05, 0) is 0 Å². The molecule has 0 saturated carbocycles. The first-order valence-electron chi connectivity index (χ1n) is 19.0. The van der Waals surface area contributed by atoms with Crippen molar-refractivity contribution in [3.05, 3.63) is 127 Å². The normalized spacial score (nSPS) is 17.9. The van der Waals surface area contributed by atoms with Crippen molar-refractivity contribution in [1.29, 1.82) is 0 Å². The number of fused-ring (bicyclic) bond motifs is 2. The Morgan fingerprint density at radius 3 is 1.33 bits per heavy atom. The standard InChI is InChI=1S/2C22H25.C2H7Si.2Zr/c2*1-5-6-8-18-13-19-9-7-10-21(22(19)14-18)20-12-11-15(2)16(3)17(20)4;1-3-2;;/h2*7,9-14H,5-6,8H2,1-4H3;3H,1-2H3;;. The Bertz CT molecular complexity index is 1820. The Morgan fingerprint density at radius 2 is 0.959 bits per heavy atom. The number of allylic oxidation sites excluding steroid dienone is 2. The zero-order valence-electron chi connectivity index (χ0n) is 31.9. The molecule has 0 aromatic heterocycles. The van der Waals surface area contributed by atoms with Crippen molar-refractivity contribution >= 4 is 18.1 Å². The van der Waals surface area contributed by atoms with Crippen molar-refractivity contribution in [1.82, 2.24) is 0 Å². The molecule has 2 unspecified atom stereocenters. The van der Waals surface area contributed by atoms with Crippen LogP contribution in [0.2, 0.25) is 13.1 Å². The van der Waals surface area contributed by atoms with E-state index in [1.165, 1.54) is 94.2 Å². The first-order valence-corrected chi connectivity index (χ1v) is 37.5. The van der Waals surface area contributed by atoms with Gasteiger partial charge in [0.2, 0.25) is 0 Å². The zero-order chi connectivity index (χ0) is 35.2. The van der Waals surface area contributed by atoms with Crippen molar-refractivity contribution < 1.29 is 34.6 Å². The Hall–Kier alpha value is -1.66. The summed E-state index contributed by atoms with van der Waals surface area (Å²) in [6.07, 6.45) is 13.1. The van der Waals surface area contributed by atoms with Crippen LogP contribution >= 0.6 is 0 Å². The maximum absolute atomic E-state index is 3.01. The van der Waals surface area contributed by atoms with E-state index in [2.05, 4.69) is 141 Å². The first kappa shape index (κ1) is 37.1. The average molecular weight is 820 g/mol. The predicted molar refractivity (Wildman–Crippen MR) is 212 cm³/mol. The monoisotopic (exact) mass is 817 g/mol. The molecule has 0 nitrogen and oxygen atoms in total. The second-order valence-electron chi connectivity index (χ2n) is 15.6. The molecule has 2 aliphatic carbocycles. The van der Waals surface area contributed by atoms with Crippen LogP contribution in [0.3, 0.4) is 0 Å². The molecule has 0 heterocycles. The number of benzene rings is 4. The van der Waals surface area contributed by atoms with Crippen LogP contribution in [-0.2, 0) is 34.6 Å². The number of rotatable bonds is 11. The molecule has 6 rings (SSSR count). The first-order chi connectivity index (χ1) is 23.4. The van der Waals surface area contributed by atoms with Crippen LogP contribution in [0.15, 0.2) is 71.8 Å². The van der Waals surface area contributed by atoms with Crippen molar-refractivity contribution in [3.8, 4) is 22.3 Å². The number of unbranched alkanes of at least 4 members (excludes halogenated alkanes) is 2. The Balaban J connectivity index is 1.58. The van der Waals surface area contributed by atoms with Gasteiger partial charge in [0, 0.05) is 0 Å². The van der Waals surface area contributed by atoms with Gasteiger partial charge in [-0.1, -0.05) is 0 Å². The van der Waals surface area contributed by atoms with Crippen molar-refractivity contribution in [2.45, 2.75) is 114 Å². The topological polar surface area (TPSA) is 0 Å². The van der Waals surface area contributed by atoms with Crippen LogP contribution in [-0.4, -0.2) is 5.92 Å². The van der Waals surface area contributed by atoms with Crippen molar-refractivity contribution in [3.63, 3.8) is 0 Å². The summed E-state index contributed by atoms with van der Waals surface area (Å²) in [5.41, 5.74) is 24.4. The molecular weight excluding hydrogens is 763 g/mol. The summed E-state index contributed by atoms with van der Waals surface area (Å²) >= 11 is -1.08. The molecular formula is C46H57SiZr2. The Labute approximate surface area is 313 Å². The van der Waals surface area contributed by atoms with E-state index in [0.29, 0.717) is 7.25 Å². The summed E-state index contributed by atoms with van der Waals surface area (Å²) in [6.45, 7) is 24.1. The zero-order valence-corrected chi connectivity index (χ0v) is 38.0. The van der Waals surface area contributed by atoms with Crippen LogP contribution in [0.5, 0.6) is 0 Å². The molecule has 49 heavy (non-hydrogen) atoms. The summed E-state index contributed by atoms with van der Waals surface area (Å²) in [4.78, 5) is 0. The van der Waals surface area contributed by atoms with E-state index in [-0.39, 0.29) is 0 Å². The fourth-order valence-electron chi connectivity index (χ4n) is 9.05. The Morgan fingerprint density at radius 1 is 0.551 bits per heavy atom. The van der Waals surface area contributed by atoms with Gasteiger partial charge in [-0.3, -0.25) is 0 Å². The molecule has 0 fully saturated rings. The summed E-state index contributed by atoms with van der Waals surface area (Å²) in [5, 5.41) is 0. The molecule has 4 aromatic rings. The summed E-state index contributed by atoms with van der Waals surface area (Å²) in [6, 6.07) is 24.3. The SMILES string of the molecule is CCCCC1=Cc2c(-c3ccc(C)c(C)c3C)cccc2[CH]1[Zr]([Zr])([CH]1C(CCCC)=Cc2c(-c3ccc(C)c(C)c3C)cccc21)[SiH](C)C. The average Bonchev–Trinajstić information content (AvgIpc) is 3.66.